The lowest BCUT2D eigenvalue weighted by Crippen LogP contribution is -2.32. The van der Waals surface area contributed by atoms with Crippen molar-refractivity contribution in [3.63, 3.8) is 0 Å². The molecule has 0 saturated heterocycles. The Bertz CT molecular complexity index is 1680. The number of rotatable bonds is 2. The molecule has 0 aromatic heterocycles. The zero-order chi connectivity index (χ0) is 24.4. The first kappa shape index (κ1) is 21.7. The number of halogens is 1. The van der Waals surface area contributed by atoms with Crippen LogP contribution in [0.1, 0.15) is 46.2 Å². The van der Waals surface area contributed by atoms with E-state index in [0.29, 0.717) is 0 Å². The molecule has 0 N–H and O–H groups in total. The zero-order valence-corrected chi connectivity index (χ0v) is 21.4. The molecule has 174 valence electrons. The standard InChI is InChI=1S/C35H27Cl/c1-22-27-11-5-3-9-24(27)15-19-31(22)35(32-20-16-25-10-4-6-12-28(25)23(32)2)33-14-8-7-13-29(33)30-18-17-26(36)21-34(30)35/h3-7,9-13,15-21H,8,14H2,1-2H3. The molecule has 0 nitrogen and oxygen atoms in total. The molecule has 2 aliphatic rings. The summed E-state index contributed by atoms with van der Waals surface area (Å²) < 4.78 is 0. The second-order valence-electron chi connectivity index (χ2n) is 10.2. The number of hydrogen-bond acceptors (Lipinski definition) is 0. The lowest BCUT2D eigenvalue weighted by molar-refractivity contribution is 0.689. The van der Waals surface area contributed by atoms with Crippen molar-refractivity contribution in [1.29, 1.82) is 0 Å². The molecule has 0 bridgehead atoms. The fourth-order valence-corrected chi connectivity index (χ4v) is 7.13. The predicted molar refractivity (Wildman–Crippen MR) is 154 cm³/mol. The highest BCUT2D eigenvalue weighted by Crippen LogP contribution is 2.59. The van der Waals surface area contributed by atoms with E-state index in [4.69, 9.17) is 11.6 Å². The van der Waals surface area contributed by atoms with Gasteiger partial charge >= 0.3 is 0 Å². The van der Waals surface area contributed by atoms with Crippen LogP contribution < -0.4 is 0 Å². The van der Waals surface area contributed by atoms with Crippen LogP contribution in [0.4, 0.5) is 0 Å². The van der Waals surface area contributed by atoms with E-state index in [0.717, 1.165) is 17.9 Å². The van der Waals surface area contributed by atoms with Crippen LogP contribution in [-0.2, 0) is 5.41 Å². The van der Waals surface area contributed by atoms with Gasteiger partial charge in [-0.05, 0) is 105 Å². The largest absolute Gasteiger partial charge is 0.0843 e. The summed E-state index contributed by atoms with van der Waals surface area (Å²) in [5, 5.41) is 5.99. The molecule has 5 aromatic carbocycles. The predicted octanol–water partition coefficient (Wildman–Crippen LogP) is 9.71. The Morgan fingerprint density at radius 2 is 1.28 bits per heavy atom. The van der Waals surface area contributed by atoms with Gasteiger partial charge in [0.25, 0.3) is 0 Å². The first-order chi connectivity index (χ1) is 17.6. The molecular formula is C35H27Cl. The van der Waals surface area contributed by atoms with E-state index in [-0.39, 0.29) is 5.41 Å². The van der Waals surface area contributed by atoms with Gasteiger partial charge in [-0.1, -0.05) is 103 Å². The average Bonchev–Trinajstić information content (AvgIpc) is 3.19. The lowest BCUT2D eigenvalue weighted by atomic mass is 9.63. The van der Waals surface area contributed by atoms with Crippen LogP contribution in [0.5, 0.6) is 0 Å². The molecule has 0 fully saturated rings. The second kappa shape index (κ2) is 7.95. The van der Waals surface area contributed by atoms with Crippen LogP contribution in [0.3, 0.4) is 0 Å². The molecule has 0 spiro atoms. The highest BCUT2D eigenvalue weighted by Gasteiger charge is 2.49. The number of fused-ring (bicyclic) bond motifs is 4. The van der Waals surface area contributed by atoms with Crippen molar-refractivity contribution in [3.05, 3.63) is 147 Å². The maximum Gasteiger partial charge on any atom is 0.0682 e. The van der Waals surface area contributed by atoms with Gasteiger partial charge in [-0.15, -0.1) is 0 Å². The minimum Gasteiger partial charge on any atom is -0.0843 e. The van der Waals surface area contributed by atoms with E-state index in [1.54, 1.807) is 0 Å². The van der Waals surface area contributed by atoms with Gasteiger partial charge in [-0.25, -0.2) is 0 Å². The van der Waals surface area contributed by atoms with E-state index in [1.807, 2.05) is 6.07 Å². The second-order valence-corrected chi connectivity index (χ2v) is 10.6. The van der Waals surface area contributed by atoms with Crippen molar-refractivity contribution >= 4 is 38.7 Å². The number of hydrogen-bond donors (Lipinski definition) is 0. The van der Waals surface area contributed by atoms with Crippen molar-refractivity contribution in [2.24, 2.45) is 0 Å². The third kappa shape index (κ3) is 2.83. The van der Waals surface area contributed by atoms with Crippen LogP contribution in [0, 0.1) is 13.8 Å². The zero-order valence-electron chi connectivity index (χ0n) is 20.6. The third-order valence-corrected chi connectivity index (χ3v) is 8.74. The van der Waals surface area contributed by atoms with Gasteiger partial charge in [-0.3, -0.25) is 0 Å². The van der Waals surface area contributed by atoms with Gasteiger partial charge in [-0.2, -0.15) is 0 Å². The lowest BCUT2D eigenvalue weighted by Gasteiger charge is -2.39. The Labute approximate surface area is 217 Å². The molecule has 7 rings (SSSR count). The molecule has 0 amide bonds. The Kier molecular flexibility index (Phi) is 4.78. The topological polar surface area (TPSA) is 0 Å². The normalized spacial score (nSPS) is 16.0. The molecule has 0 atom stereocenters. The van der Waals surface area contributed by atoms with Crippen LogP contribution in [0.2, 0.25) is 5.02 Å². The van der Waals surface area contributed by atoms with Gasteiger partial charge in [0, 0.05) is 5.02 Å². The van der Waals surface area contributed by atoms with Gasteiger partial charge in [0.2, 0.25) is 0 Å². The Morgan fingerprint density at radius 3 is 1.92 bits per heavy atom. The average molecular weight is 483 g/mol. The number of benzene rings is 5. The minimum absolute atomic E-state index is 0.386. The first-order valence-electron chi connectivity index (χ1n) is 12.8. The molecule has 2 aliphatic carbocycles. The quantitative estimate of drug-likeness (QED) is 0.235. The fourth-order valence-electron chi connectivity index (χ4n) is 6.96. The van der Waals surface area contributed by atoms with Gasteiger partial charge in [0.1, 0.15) is 0 Å². The maximum atomic E-state index is 6.76. The van der Waals surface area contributed by atoms with E-state index in [9.17, 15) is 0 Å². The molecule has 0 unspecified atom stereocenters. The molecule has 36 heavy (non-hydrogen) atoms. The van der Waals surface area contributed by atoms with Crippen LogP contribution in [-0.4, -0.2) is 0 Å². The summed E-state index contributed by atoms with van der Waals surface area (Å²) in [6.45, 7) is 4.61. The first-order valence-corrected chi connectivity index (χ1v) is 13.2. The molecule has 5 aromatic rings. The van der Waals surface area contributed by atoms with Crippen molar-refractivity contribution in [3.8, 4) is 0 Å². The molecule has 0 heterocycles. The molecule has 0 radical (unpaired) electrons. The van der Waals surface area contributed by atoms with Crippen LogP contribution in [0.25, 0.3) is 27.1 Å². The summed E-state index contributed by atoms with van der Waals surface area (Å²) in [7, 11) is 0. The summed E-state index contributed by atoms with van der Waals surface area (Å²) in [6.07, 6.45) is 6.77. The van der Waals surface area contributed by atoms with Crippen LogP contribution in [0.15, 0.2) is 109 Å². The minimum atomic E-state index is -0.386. The molecule has 0 aliphatic heterocycles. The third-order valence-electron chi connectivity index (χ3n) is 8.50. The summed E-state index contributed by atoms with van der Waals surface area (Å²) >= 11 is 6.76. The fraction of sp³-hybridized carbons (Fsp3) is 0.143. The van der Waals surface area contributed by atoms with E-state index < -0.39 is 0 Å². The van der Waals surface area contributed by atoms with Crippen molar-refractivity contribution in [2.45, 2.75) is 32.1 Å². The maximum absolute atomic E-state index is 6.76. The summed E-state index contributed by atoms with van der Waals surface area (Å²) in [4.78, 5) is 0. The Balaban J connectivity index is 1.70. The van der Waals surface area contributed by atoms with E-state index in [1.165, 1.54) is 66.1 Å². The number of aryl methyl sites for hydroxylation is 2. The SMILES string of the molecule is Cc1c(C2(c3ccc4ccccc4c3C)C3=C(C=CCC3)c3ccc(Cl)cc32)ccc2ccccc12. The van der Waals surface area contributed by atoms with Crippen LogP contribution >= 0.6 is 11.6 Å². The van der Waals surface area contributed by atoms with E-state index in [2.05, 4.69) is 111 Å². The van der Waals surface area contributed by atoms with E-state index >= 15 is 0 Å². The summed E-state index contributed by atoms with van der Waals surface area (Å²) in [5.74, 6) is 0. The van der Waals surface area contributed by atoms with Gasteiger partial charge in [0.05, 0.1) is 5.41 Å². The highest BCUT2D eigenvalue weighted by molar-refractivity contribution is 6.30. The van der Waals surface area contributed by atoms with Gasteiger partial charge in [0.15, 0.2) is 0 Å². The molecule has 0 saturated carbocycles. The molecule has 1 heteroatoms. The molecular weight excluding hydrogens is 456 g/mol. The van der Waals surface area contributed by atoms with Crippen molar-refractivity contribution in [2.75, 3.05) is 0 Å². The van der Waals surface area contributed by atoms with Gasteiger partial charge < -0.3 is 0 Å². The Hall–Kier alpha value is -3.61. The summed E-state index contributed by atoms with van der Waals surface area (Å²) in [5.41, 5.74) is 10.5. The summed E-state index contributed by atoms with van der Waals surface area (Å²) in [6, 6.07) is 33.4. The van der Waals surface area contributed by atoms with Crippen molar-refractivity contribution in [1.82, 2.24) is 0 Å². The highest BCUT2D eigenvalue weighted by atomic mass is 35.5. The smallest absolute Gasteiger partial charge is 0.0682 e. The number of allylic oxidation sites excluding steroid dienone is 4. The van der Waals surface area contributed by atoms with Crippen molar-refractivity contribution < 1.29 is 0 Å². The Morgan fingerprint density at radius 1 is 0.667 bits per heavy atom. The monoisotopic (exact) mass is 482 g/mol.